The fraction of sp³-hybridized carbons (Fsp3) is 0.737. The van der Waals surface area contributed by atoms with Crippen molar-refractivity contribution in [3.63, 3.8) is 0 Å². The molecule has 7 heteroatoms. The van der Waals surface area contributed by atoms with E-state index in [9.17, 15) is 0 Å². The standard InChI is InChI=1S/C19H31N7/c1-3-26-13-16(11-20-26)12-25-10-6-7-17(14-25)19-22-21-18(23(19)2)15-24-8-4-5-9-24/h11,13,17H,3-10,12,14-15H2,1-2H3. The first kappa shape index (κ1) is 17.7. The average molecular weight is 358 g/mol. The summed E-state index contributed by atoms with van der Waals surface area (Å²) in [6.07, 6.45) is 9.23. The molecule has 0 amide bonds. The fourth-order valence-corrected chi connectivity index (χ4v) is 4.34. The summed E-state index contributed by atoms with van der Waals surface area (Å²) in [6, 6.07) is 0. The smallest absolute Gasteiger partial charge is 0.146 e. The second-order valence-electron chi connectivity index (χ2n) is 7.80. The number of nitrogens with zero attached hydrogens (tertiary/aromatic N) is 7. The van der Waals surface area contributed by atoms with Gasteiger partial charge in [0, 0.05) is 44.4 Å². The van der Waals surface area contributed by atoms with Crippen LogP contribution in [0.4, 0.5) is 0 Å². The van der Waals surface area contributed by atoms with Crippen molar-refractivity contribution in [2.24, 2.45) is 7.05 Å². The molecule has 2 fully saturated rings. The number of aromatic nitrogens is 5. The third-order valence-electron chi connectivity index (χ3n) is 5.85. The van der Waals surface area contributed by atoms with Gasteiger partial charge >= 0.3 is 0 Å². The van der Waals surface area contributed by atoms with Gasteiger partial charge in [-0.2, -0.15) is 5.10 Å². The summed E-state index contributed by atoms with van der Waals surface area (Å²) in [5.74, 6) is 2.76. The Bertz CT molecular complexity index is 713. The van der Waals surface area contributed by atoms with Crippen LogP contribution in [0, 0.1) is 0 Å². The Hall–Kier alpha value is -1.73. The van der Waals surface area contributed by atoms with Crippen molar-refractivity contribution in [1.29, 1.82) is 0 Å². The monoisotopic (exact) mass is 357 g/mol. The lowest BCUT2D eigenvalue weighted by atomic mass is 9.97. The molecule has 0 bridgehead atoms. The van der Waals surface area contributed by atoms with E-state index in [2.05, 4.69) is 49.8 Å². The maximum absolute atomic E-state index is 4.58. The van der Waals surface area contributed by atoms with Gasteiger partial charge in [0.2, 0.25) is 0 Å². The fourth-order valence-electron chi connectivity index (χ4n) is 4.34. The Morgan fingerprint density at radius 1 is 1.04 bits per heavy atom. The molecule has 2 aliphatic rings. The lowest BCUT2D eigenvalue weighted by Crippen LogP contribution is -2.34. The van der Waals surface area contributed by atoms with Crippen LogP contribution in [0.5, 0.6) is 0 Å². The van der Waals surface area contributed by atoms with Crippen molar-refractivity contribution in [2.75, 3.05) is 26.2 Å². The van der Waals surface area contributed by atoms with E-state index in [4.69, 9.17) is 0 Å². The second kappa shape index (κ2) is 7.88. The minimum absolute atomic E-state index is 0.481. The van der Waals surface area contributed by atoms with Gasteiger partial charge in [-0.25, -0.2) is 0 Å². The summed E-state index contributed by atoms with van der Waals surface area (Å²) in [5, 5.41) is 13.5. The molecular weight excluding hydrogens is 326 g/mol. The SMILES string of the molecule is CCn1cc(CN2CCCC(c3nnc(CN4CCCC4)n3C)C2)cn1. The molecule has 142 valence electrons. The number of piperidine rings is 1. The van der Waals surface area contributed by atoms with Crippen LogP contribution in [0.25, 0.3) is 0 Å². The highest BCUT2D eigenvalue weighted by atomic mass is 15.3. The van der Waals surface area contributed by atoms with Gasteiger partial charge in [-0.15, -0.1) is 10.2 Å². The lowest BCUT2D eigenvalue weighted by Gasteiger charge is -2.31. The minimum Gasteiger partial charge on any atom is -0.317 e. The molecule has 2 saturated heterocycles. The van der Waals surface area contributed by atoms with E-state index < -0.39 is 0 Å². The summed E-state index contributed by atoms with van der Waals surface area (Å²) in [7, 11) is 2.14. The zero-order chi connectivity index (χ0) is 17.9. The van der Waals surface area contributed by atoms with Crippen LogP contribution in [-0.2, 0) is 26.7 Å². The van der Waals surface area contributed by atoms with Gasteiger partial charge in [-0.05, 0) is 52.2 Å². The third-order valence-corrected chi connectivity index (χ3v) is 5.85. The van der Waals surface area contributed by atoms with Crippen molar-refractivity contribution < 1.29 is 0 Å². The average Bonchev–Trinajstić information content (AvgIpc) is 3.39. The van der Waals surface area contributed by atoms with Gasteiger partial charge in [0.15, 0.2) is 0 Å². The largest absolute Gasteiger partial charge is 0.317 e. The first-order chi connectivity index (χ1) is 12.7. The predicted molar refractivity (Wildman–Crippen MR) is 101 cm³/mol. The van der Waals surface area contributed by atoms with E-state index in [-0.39, 0.29) is 0 Å². The molecule has 1 unspecified atom stereocenters. The quantitative estimate of drug-likeness (QED) is 0.792. The van der Waals surface area contributed by atoms with Crippen LogP contribution in [0.2, 0.25) is 0 Å². The van der Waals surface area contributed by atoms with Crippen LogP contribution in [0.15, 0.2) is 12.4 Å². The Kier molecular flexibility index (Phi) is 5.36. The topological polar surface area (TPSA) is 55.0 Å². The molecule has 26 heavy (non-hydrogen) atoms. The van der Waals surface area contributed by atoms with E-state index in [0.717, 1.165) is 44.4 Å². The van der Waals surface area contributed by atoms with Gasteiger partial charge < -0.3 is 4.57 Å². The summed E-state index contributed by atoms with van der Waals surface area (Å²) < 4.78 is 4.26. The third kappa shape index (κ3) is 3.83. The Labute approximate surface area is 156 Å². The molecule has 0 aromatic carbocycles. The van der Waals surface area contributed by atoms with Gasteiger partial charge in [0.25, 0.3) is 0 Å². The van der Waals surface area contributed by atoms with Gasteiger partial charge in [0.05, 0.1) is 12.7 Å². The number of aryl methyl sites for hydroxylation is 1. The first-order valence-electron chi connectivity index (χ1n) is 10.1. The normalized spacial score (nSPS) is 22.3. The van der Waals surface area contributed by atoms with Gasteiger partial charge in [-0.1, -0.05) is 0 Å². The molecule has 4 heterocycles. The van der Waals surface area contributed by atoms with Crippen LogP contribution in [-0.4, -0.2) is 60.5 Å². The van der Waals surface area contributed by atoms with E-state index >= 15 is 0 Å². The molecule has 4 rings (SSSR count). The second-order valence-corrected chi connectivity index (χ2v) is 7.80. The molecule has 0 spiro atoms. The Balaban J connectivity index is 1.40. The first-order valence-corrected chi connectivity index (χ1v) is 10.1. The highest BCUT2D eigenvalue weighted by Crippen LogP contribution is 2.27. The summed E-state index contributed by atoms with van der Waals surface area (Å²) in [4.78, 5) is 5.03. The van der Waals surface area contributed by atoms with E-state index in [1.54, 1.807) is 0 Å². The van der Waals surface area contributed by atoms with Crippen molar-refractivity contribution in [1.82, 2.24) is 34.3 Å². The van der Waals surface area contributed by atoms with Crippen LogP contribution in [0.1, 0.15) is 55.7 Å². The van der Waals surface area contributed by atoms with E-state index in [1.807, 2.05) is 10.9 Å². The predicted octanol–water partition coefficient (Wildman–Crippen LogP) is 2.01. The molecule has 1 atom stereocenters. The lowest BCUT2D eigenvalue weighted by molar-refractivity contribution is 0.194. The molecule has 0 radical (unpaired) electrons. The van der Waals surface area contributed by atoms with Gasteiger partial charge in [0.1, 0.15) is 11.6 Å². The van der Waals surface area contributed by atoms with Gasteiger partial charge in [-0.3, -0.25) is 14.5 Å². The summed E-state index contributed by atoms with van der Waals surface area (Å²) >= 11 is 0. The highest BCUT2D eigenvalue weighted by Gasteiger charge is 2.26. The van der Waals surface area contributed by atoms with Crippen molar-refractivity contribution in [2.45, 2.75) is 58.2 Å². The number of hydrogen-bond donors (Lipinski definition) is 0. The molecule has 2 aliphatic heterocycles. The number of rotatable bonds is 6. The zero-order valence-electron chi connectivity index (χ0n) is 16.1. The van der Waals surface area contributed by atoms with Crippen LogP contribution >= 0.6 is 0 Å². The maximum Gasteiger partial charge on any atom is 0.146 e. The molecule has 7 nitrogen and oxygen atoms in total. The Morgan fingerprint density at radius 3 is 2.62 bits per heavy atom. The molecular formula is C19H31N7. The molecule has 2 aromatic rings. The maximum atomic E-state index is 4.58. The van der Waals surface area contributed by atoms with E-state index in [1.165, 1.54) is 44.3 Å². The van der Waals surface area contributed by atoms with Crippen molar-refractivity contribution >= 4 is 0 Å². The number of hydrogen-bond acceptors (Lipinski definition) is 5. The Morgan fingerprint density at radius 2 is 1.85 bits per heavy atom. The van der Waals surface area contributed by atoms with Crippen LogP contribution < -0.4 is 0 Å². The number of likely N-dealkylation sites (tertiary alicyclic amines) is 2. The summed E-state index contributed by atoms with van der Waals surface area (Å²) in [5.41, 5.74) is 1.31. The van der Waals surface area contributed by atoms with Crippen LogP contribution in [0.3, 0.4) is 0 Å². The molecule has 0 saturated carbocycles. The highest BCUT2D eigenvalue weighted by molar-refractivity contribution is 5.07. The van der Waals surface area contributed by atoms with Crippen molar-refractivity contribution in [3.05, 3.63) is 29.6 Å². The minimum atomic E-state index is 0.481. The molecule has 2 aromatic heterocycles. The van der Waals surface area contributed by atoms with E-state index in [0.29, 0.717) is 5.92 Å². The van der Waals surface area contributed by atoms with Crippen molar-refractivity contribution in [3.8, 4) is 0 Å². The summed E-state index contributed by atoms with van der Waals surface area (Å²) in [6.45, 7) is 9.60. The molecule has 0 aliphatic carbocycles. The molecule has 0 N–H and O–H groups in total. The zero-order valence-corrected chi connectivity index (χ0v) is 16.1.